The van der Waals surface area contributed by atoms with E-state index in [1.54, 1.807) is 26.5 Å². The molecule has 1 amide bonds. The topological polar surface area (TPSA) is 51.9 Å². The summed E-state index contributed by atoms with van der Waals surface area (Å²) in [5.41, 5.74) is 1.73. The van der Waals surface area contributed by atoms with Gasteiger partial charge in [-0.15, -0.1) is 0 Å². The second kappa shape index (κ2) is 6.36. The summed E-state index contributed by atoms with van der Waals surface area (Å²) in [6.45, 7) is 3.22. The van der Waals surface area contributed by atoms with Crippen LogP contribution in [-0.4, -0.2) is 38.1 Å². The highest BCUT2D eigenvalue weighted by atomic mass is 16.5. The lowest BCUT2D eigenvalue weighted by Gasteiger charge is -2.18. The molecule has 3 rings (SSSR count). The molecule has 5 nitrogen and oxygen atoms in total. The number of aryl methyl sites for hydroxylation is 1. The molecule has 2 aromatic rings. The highest BCUT2D eigenvalue weighted by Gasteiger charge is 2.31. The van der Waals surface area contributed by atoms with Crippen LogP contribution in [0.2, 0.25) is 0 Å². The second-order valence-corrected chi connectivity index (χ2v) is 5.74. The van der Waals surface area contributed by atoms with Gasteiger partial charge in [0.15, 0.2) is 0 Å². The summed E-state index contributed by atoms with van der Waals surface area (Å²) in [6.07, 6.45) is 2.47. The molecule has 1 aromatic heterocycles. The summed E-state index contributed by atoms with van der Waals surface area (Å²) < 4.78 is 16.0. The Hall–Kier alpha value is -2.43. The Morgan fingerprint density at radius 1 is 1.26 bits per heavy atom. The Bertz CT molecular complexity index is 707. The minimum atomic E-state index is 0.0283. The maximum Gasteiger partial charge on any atom is 0.257 e. The number of amides is 1. The molecule has 0 spiro atoms. The highest BCUT2D eigenvalue weighted by Crippen LogP contribution is 2.36. The molecule has 1 aliphatic rings. The van der Waals surface area contributed by atoms with Gasteiger partial charge in [0.05, 0.1) is 26.0 Å². The number of nitrogens with zero attached hydrogens (tertiary/aromatic N) is 1. The zero-order chi connectivity index (χ0) is 16.4. The van der Waals surface area contributed by atoms with Crippen LogP contribution >= 0.6 is 0 Å². The van der Waals surface area contributed by atoms with Crippen molar-refractivity contribution in [3.63, 3.8) is 0 Å². The molecule has 5 heteroatoms. The zero-order valence-corrected chi connectivity index (χ0v) is 13.7. The fraction of sp³-hybridized carbons (Fsp3) is 0.389. The van der Waals surface area contributed by atoms with Gasteiger partial charge in [-0.3, -0.25) is 4.79 Å². The molecule has 0 aliphatic carbocycles. The van der Waals surface area contributed by atoms with Crippen molar-refractivity contribution in [1.29, 1.82) is 0 Å². The standard InChI is InChI=1S/C18H21NO4/c1-12-15(7-9-23-12)18(20)19-8-6-13(11-19)16-10-14(21-2)4-5-17(16)22-3/h4-5,7,9-10,13H,6,8,11H2,1-3H3/t13-/m1/s1. The molecule has 0 unspecified atom stereocenters. The number of methoxy groups -OCH3 is 2. The monoisotopic (exact) mass is 315 g/mol. The number of hydrogen-bond acceptors (Lipinski definition) is 4. The third-order valence-electron chi connectivity index (χ3n) is 4.44. The summed E-state index contributed by atoms with van der Waals surface area (Å²) in [5.74, 6) is 2.58. The number of likely N-dealkylation sites (tertiary alicyclic amines) is 1. The number of ether oxygens (including phenoxy) is 2. The van der Waals surface area contributed by atoms with Crippen molar-refractivity contribution in [2.75, 3.05) is 27.3 Å². The number of carbonyl (C=O) groups is 1. The molecule has 0 bridgehead atoms. The molecular formula is C18H21NO4. The van der Waals surface area contributed by atoms with E-state index in [1.165, 1.54) is 0 Å². The van der Waals surface area contributed by atoms with Crippen molar-refractivity contribution < 1.29 is 18.7 Å². The van der Waals surface area contributed by atoms with Gasteiger partial charge in [0.1, 0.15) is 17.3 Å². The van der Waals surface area contributed by atoms with Crippen molar-refractivity contribution in [3.05, 3.63) is 47.4 Å². The number of carbonyl (C=O) groups excluding carboxylic acids is 1. The van der Waals surface area contributed by atoms with Crippen LogP contribution in [0.25, 0.3) is 0 Å². The van der Waals surface area contributed by atoms with E-state index in [-0.39, 0.29) is 11.8 Å². The van der Waals surface area contributed by atoms with E-state index >= 15 is 0 Å². The number of hydrogen-bond donors (Lipinski definition) is 0. The molecule has 2 heterocycles. The number of rotatable bonds is 4. The third kappa shape index (κ3) is 2.91. The quantitative estimate of drug-likeness (QED) is 0.869. The summed E-state index contributed by atoms with van der Waals surface area (Å²) >= 11 is 0. The molecular weight excluding hydrogens is 294 g/mol. The van der Waals surface area contributed by atoms with Crippen LogP contribution in [0.3, 0.4) is 0 Å². The zero-order valence-electron chi connectivity index (χ0n) is 13.7. The molecule has 23 heavy (non-hydrogen) atoms. The van der Waals surface area contributed by atoms with E-state index in [1.807, 2.05) is 30.0 Å². The lowest BCUT2D eigenvalue weighted by molar-refractivity contribution is 0.0789. The summed E-state index contributed by atoms with van der Waals surface area (Å²) in [6, 6.07) is 7.53. The van der Waals surface area contributed by atoms with Crippen molar-refractivity contribution in [2.45, 2.75) is 19.3 Å². The number of furan rings is 1. The van der Waals surface area contributed by atoms with Crippen LogP contribution in [0.4, 0.5) is 0 Å². The number of benzene rings is 1. The van der Waals surface area contributed by atoms with Gasteiger partial charge in [0.25, 0.3) is 5.91 Å². The van der Waals surface area contributed by atoms with Gasteiger partial charge in [-0.1, -0.05) is 0 Å². The first kappa shape index (κ1) is 15.5. The Morgan fingerprint density at radius 3 is 2.74 bits per heavy atom. The summed E-state index contributed by atoms with van der Waals surface area (Å²) in [7, 11) is 3.32. The molecule has 1 aliphatic heterocycles. The second-order valence-electron chi connectivity index (χ2n) is 5.74. The Labute approximate surface area is 135 Å². The van der Waals surface area contributed by atoms with Gasteiger partial charge in [-0.25, -0.2) is 0 Å². The molecule has 0 radical (unpaired) electrons. The van der Waals surface area contributed by atoms with E-state index in [0.29, 0.717) is 17.9 Å². The molecule has 0 saturated carbocycles. The fourth-order valence-corrected chi connectivity index (χ4v) is 3.13. The first-order valence-corrected chi connectivity index (χ1v) is 7.69. The van der Waals surface area contributed by atoms with Gasteiger partial charge in [-0.05, 0) is 37.6 Å². The Balaban J connectivity index is 1.80. The van der Waals surface area contributed by atoms with Gasteiger partial charge < -0.3 is 18.8 Å². The summed E-state index contributed by atoms with van der Waals surface area (Å²) in [5, 5.41) is 0. The van der Waals surface area contributed by atoms with Crippen LogP contribution in [0.1, 0.15) is 34.0 Å². The largest absolute Gasteiger partial charge is 0.497 e. The van der Waals surface area contributed by atoms with E-state index < -0.39 is 0 Å². The van der Waals surface area contributed by atoms with Gasteiger partial charge in [-0.2, -0.15) is 0 Å². The molecule has 1 atom stereocenters. The molecule has 1 aromatic carbocycles. The molecule has 1 fully saturated rings. The first-order valence-electron chi connectivity index (χ1n) is 7.69. The van der Waals surface area contributed by atoms with Crippen LogP contribution in [-0.2, 0) is 0 Å². The van der Waals surface area contributed by atoms with Gasteiger partial charge in [0.2, 0.25) is 0 Å². The van der Waals surface area contributed by atoms with Crippen LogP contribution in [0, 0.1) is 6.92 Å². The smallest absolute Gasteiger partial charge is 0.257 e. The Morgan fingerprint density at radius 2 is 2.09 bits per heavy atom. The molecule has 1 saturated heterocycles. The predicted octanol–water partition coefficient (Wildman–Crippen LogP) is 3.23. The normalized spacial score (nSPS) is 17.3. The van der Waals surface area contributed by atoms with Crippen molar-refractivity contribution >= 4 is 5.91 Å². The lowest BCUT2D eigenvalue weighted by atomic mass is 9.97. The minimum Gasteiger partial charge on any atom is -0.497 e. The maximum absolute atomic E-state index is 12.6. The average molecular weight is 315 g/mol. The van der Waals surface area contributed by atoms with E-state index in [2.05, 4.69) is 0 Å². The van der Waals surface area contributed by atoms with E-state index in [9.17, 15) is 4.79 Å². The SMILES string of the molecule is COc1ccc(OC)c([C@@H]2CCN(C(=O)c3ccoc3C)C2)c1. The predicted molar refractivity (Wildman–Crippen MR) is 86.3 cm³/mol. The van der Waals surface area contributed by atoms with Crippen molar-refractivity contribution in [2.24, 2.45) is 0 Å². The first-order chi connectivity index (χ1) is 11.1. The Kier molecular flexibility index (Phi) is 4.28. The van der Waals surface area contributed by atoms with Gasteiger partial charge in [0, 0.05) is 24.6 Å². The van der Waals surface area contributed by atoms with Crippen LogP contribution < -0.4 is 9.47 Å². The van der Waals surface area contributed by atoms with E-state index in [0.717, 1.165) is 30.0 Å². The van der Waals surface area contributed by atoms with Crippen molar-refractivity contribution in [3.8, 4) is 11.5 Å². The highest BCUT2D eigenvalue weighted by molar-refractivity contribution is 5.95. The van der Waals surface area contributed by atoms with Crippen LogP contribution in [0.15, 0.2) is 34.9 Å². The minimum absolute atomic E-state index is 0.0283. The van der Waals surface area contributed by atoms with Crippen molar-refractivity contribution in [1.82, 2.24) is 4.90 Å². The molecule has 0 N–H and O–H groups in total. The average Bonchev–Trinajstić information content (AvgIpc) is 3.22. The summed E-state index contributed by atoms with van der Waals surface area (Å²) in [4.78, 5) is 14.5. The molecule has 122 valence electrons. The van der Waals surface area contributed by atoms with Gasteiger partial charge >= 0.3 is 0 Å². The van der Waals surface area contributed by atoms with E-state index in [4.69, 9.17) is 13.9 Å². The maximum atomic E-state index is 12.6. The third-order valence-corrected chi connectivity index (χ3v) is 4.44. The lowest BCUT2D eigenvalue weighted by Crippen LogP contribution is -2.28. The fourth-order valence-electron chi connectivity index (χ4n) is 3.13. The van der Waals surface area contributed by atoms with Crippen LogP contribution in [0.5, 0.6) is 11.5 Å².